The highest BCUT2D eigenvalue weighted by Crippen LogP contribution is 2.20. The molecule has 0 bridgehead atoms. The molecule has 0 spiro atoms. The van der Waals surface area contributed by atoms with Gasteiger partial charge < -0.3 is 4.42 Å². The van der Waals surface area contributed by atoms with Gasteiger partial charge >= 0.3 is 0 Å². The second-order valence-electron chi connectivity index (χ2n) is 6.14. The minimum Gasteiger partial charge on any atom is -0.463 e. The maximum Gasteiger partial charge on any atom is 0.289 e. The Balaban J connectivity index is 1.61. The number of amides is 1. The van der Waals surface area contributed by atoms with Crippen LogP contribution in [0.2, 0.25) is 0 Å². The van der Waals surface area contributed by atoms with Crippen LogP contribution in [-0.2, 0) is 6.54 Å². The van der Waals surface area contributed by atoms with Crippen molar-refractivity contribution in [2.45, 2.75) is 6.54 Å². The fraction of sp³-hybridized carbons (Fsp3) is 0.0455. The lowest BCUT2D eigenvalue weighted by Gasteiger charge is -2.06. The normalized spacial score (nSPS) is 11.0. The summed E-state index contributed by atoms with van der Waals surface area (Å²) >= 11 is 0. The summed E-state index contributed by atoms with van der Waals surface area (Å²) in [5.74, 6) is 0.219. The Morgan fingerprint density at radius 1 is 1.04 bits per heavy atom. The van der Waals surface area contributed by atoms with Crippen molar-refractivity contribution in [3.8, 4) is 11.3 Å². The van der Waals surface area contributed by atoms with E-state index in [0.29, 0.717) is 18.0 Å². The predicted octanol–water partition coefficient (Wildman–Crippen LogP) is 3.96. The lowest BCUT2D eigenvalue weighted by Crippen LogP contribution is -2.22. The van der Waals surface area contributed by atoms with Crippen LogP contribution in [0.25, 0.3) is 11.3 Å². The number of carbonyl (C=O) groups excluding carboxylic acids is 1. The van der Waals surface area contributed by atoms with Crippen molar-refractivity contribution in [3.05, 3.63) is 102 Å². The molecule has 0 radical (unpaired) electrons. The molecular weight excluding hydrogens is 352 g/mol. The number of nitrogens with zero attached hydrogens (tertiary/aromatic N) is 3. The van der Waals surface area contributed by atoms with Gasteiger partial charge in [-0.15, -0.1) is 0 Å². The lowest BCUT2D eigenvalue weighted by atomic mass is 10.1. The topological polar surface area (TPSA) is 72.4 Å². The largest absolute Gasteiger partial charge is 0.463 e. The van der Waals surface area contributed by atoms with Gasteiger partial charge in [0.1, 0.15) is 11.5 Å². The summed E-state index contributed by atoms with van der Waals surface area (Å²) in [7, 11) is 0. The first-order valence-corrected chi connectivity index (χ1v) is 8.84. The highest BCUT2D eigenvalue weighted by molar-refractivity contribution is 5.94. The van der Waals surface area contributed by atoms with Gasteiger partial charge in [0.25, 0.3) is 5.91 Å². The molecule has 28 heavy (non-hydrogen) atoms. The van der Waals surface area contributed by atoms with Crippen LogP contribution in [0.4, 0.5) is 0 Å². The average molecular weight is 370 g/mol. The Morgan fingerprint density at radius 3 is 2.50 bits per heavy atom. The van der Waals surface area contributed by atoms with Crippen molar-refractivity contribution in [2.24, 2.45) is 5.10 Å². The van der Waals surface area contributed by atoms with E-state index in [2.05, 4.69) is 15.6 Å². The monoisotopic (exact) mass is 370 g/mol. The number of hydrazone groups is 1. The van der Waals surface area contributed by atoms with E-state index in [1.807, 2.05) is 60.7 Å². The van der Waals surface area contributed by atoms with Crippen LogP contribution in [0.5, 0.6) is 0 Å². The van der Waals surface area contributed by atoms with Gasteiger partial charge in [0.2, 0.25) is 0 Å². The number of rotatable bonds is 6. The summed E-state index contributed by atoms with van der Waals surface area (Å²) in [6, 6.07) is 24.9. The first kappa shape index (κ1) is 17.5. The molecule has 2 aromatic carbocycles. The summed E-state index contributed by atoms with van der Waals surface area (Å²) < 4.78 is 6.86. The number of benzene rings is 2. The smallest absolute Gasteiger partial charge is 0.289 e. The lowest BCUT2D eigenvalue weighted by molar-refractivity contribution is 0.0945. The molecule has 1 amide bonds. The standard InChI is InChI=1S/C22H18N4O2/c27-22(24-23-15-19-12-7-13-28-19)21-14-20(18-10-5-2-6-11-18)25-26(21)16-17-8-3-1-4-9-17/h1-15H,16H2,(H,24,27)/b23-15+. The summed E-state index contributed by atoms with van der Waals surface area (Å²) in [6.45, 7) is 0.484. The molecule has 4 aromatic rings. The molecular formula is C22H18N4O2. The van der Waals surface area contributed by atoms with Crippen LogP contribution in [0.15, 0.2) is 94.6 Å². The van der Waals surface area contributed by atoms with Gasteiger partial charge in [0, 0.05) is 5.56 Å². The fourth-order valence-corrected chi connectivity index (χ4v) is 2.80. The number of hydrogen-bond donors (Lipinski definition) is 1. The third-order valence-corrected chi connectivity index (χ3v) is 4.16. The van der Waals surface area contributed by atoms with Gasteiger partial charge in [0.05, 0.1) is 24.7 Å². The number of aromatic nitrogens is 2. The molecule has 2 heterocycles. The molecule has 0 aliphatic heterocycles. The Labute approximate surface area is 162 Å². The molecule has 0 aliphatic carbocycles. The summed E-state index contributed by atoms with van der Waals surface area (Å²) in [5.41, 5.74) is 5.70. The quantitative estimate of drug-likeness (QED) is 0.412. The van der Waals surface area contributed by atoms with Gasteiger partial charge in [-0.2, -0.15) is 10.2 Å². The van der Waals surface area contributed by atoms with E-state index in [0.717, 1.165) is 16.8 Å². The zero-order valence-electron chi connectivity index (χ0n) is 15.0. The third kappa shape index (κ3) is 4.07. The highest BCUT2D eigenvalue weighted by Gasteiger charge is 2.16. The van der Waals surface area contributed by atoms with Gasteiger partial charge in [0.15, 0.2) is 0 Å². The molecule has 0 aliphatic rings. The van der Waals surface area contributed by atoms with E-state index < -0.39 is 0 Å². The number of furan rings is 1. The molecule has 6 heteroatoms. The fourth-order valence-electron chi connectivity index (χ4n) is 2.80. The number of carbonyl (C=O) groups is 1. The van der Waals surface area contributed by atoms with E-state index in [4.69, 9.17) is 4.42 Å². The maximum atomic E-state index is 12.7. The van der Waals surface area contributed by atoms with Crippen LogP contribution in [-0.4, -0.2) is 21.9 Å². The molecule has 0 fully saturated rings. The minimum absolute atomic E-state index is 0.339. The molecule has 2 aromatic heterocycles. The van der Waals surface area contributed by atoms with Gasteiger partial charge in [-0.1, -0.05) is 60.7 Å². The van der Waals surface area contributed by atoms with E-state index in [-0.39, 0.29) is 5.91 Å². The first-order valence-electron chi connectivity index (χ1n) is 8.84. The third-order valence-electron chi connectivity index (χ3n) is 4.16. The van der Waals surface area contributed by atoms with E-state index >= 15 is 0 Å². The Morgan fingerprint density at radius 2 is 1.79 bits per heavy atom. The molecule has 0 saturated heterocycles. The summed E-state index contributed by atoms with van der Waals surface area (Å²) in [5, 5.41) is 8.60. The van der Waals surface area contributed by atoms with Crippen LogP contribution >= 0.6 is 0 Å². The zero-order chi connectivity index (χ0) is 19.2. The Hall–Kier alpha value is -3.93. The second kappa shape index (κ2) is 8.18. The van der Waals surface area contributed by atoms with Crippen molar-refractivity contribution < 1.29 is 9.21 Å². The molecule has 4 rings (SSSR count). The van der Waals surface area contributed by atoms with Crippen molar-refractivity contribution in [3.63, 3.8) is 0 Å². The van der Waals surface area contributed by atoms with Crippen LogP contribution < -0.4 is 5.43 Å². The Bertz CT molecular complexity index is 1070. The highest BCUT2D eigenvalue weighted by atomic mass is 16.3. The maximum absolute atomic E-state index is 12.7. The molecule has 6 nitrogen and oxygen atoms in total. The van der Waals surface area contributed by atoms with Gasteiger partial charge in [-0.05, 0) is 23.8 Å². The summed E-state index contributed by atoms with van der Waals surface area (Å²) in [4.78, 5) is 12.7. The van der Waals surface area contributed by atoms with Crippen molar-refractivity contribution >= 4 is 12.1 Å². The zero-order valence-corrected chi connectivity index (χ0v) is 15.0. The van der Waals surface area contributed by atoms with Crippen LogP contribution in [0.1, 0.15) is 21.8 Å². The molecule has 0 atom stereocenters. The molecule has 0 saturated carbocycles. The van der Waals surface area contributed by atoms with Crippen molar-refractivity contribution in [1.29, 1.82) is 0 Å². The van der Waals surface area contributed by atoms with Gasteiger partial charge in [-0.3, -0.25) is 9.48 Å². The van der Waals surface area contributed by atoms with Crippen molar-refractivity contribution in [2.75, 3.05) is 0 Å². The van der Waals surface area contributed by atoms with E-state index in [1.165, 1.54) is 6.21 Å². The Kier molecular flexibility index (Phi) is 5.11. The second-order valence-corrected chi connectivity index (χ2v) is 6.14. The van der Waals surface area contributed by atoms with Crippen LogP contribution in [0, 0.1) is 0 Å². The predicted molar refractivity (Wildman–Crippen MR) is 107 cm³/mol. The minimum atomic E-state index is -0.339. The average Bonchev–Trinajstić information content (AvgIpc) is 3.40. The molecule has 138 valence electrons. The van der Waals surface area contributed by atoms with E-state index in [9.17, 15) is 4.79 Å². The molecule has 0 unspecified atom stereocenters. The van der Waals surface area contributed by atoms with Crippen LogP contribution in [0.3, 0.4) is 0 Å². The number of hydrogen-bond acceptors (Lipinski definition) is 4. The van der Waals surface area contributed by atoms with Gasteiger partial charge in [-0.25, -0.2) is 5.43 Å². The molecule has 1 N–H and O–H groups in total. The SMILES string of the molecule is O=C(N/N=C/c1ccco1)c1cc(-c2ccccc2)nn1Cc1ccccc1. The number of nitrogens with one attached hydrogen (secondary N) is 1. The first-order chi connectivity index (χ1) is 13.8. The summed E-state index contributed by atoms with van der Waals surface area (Å²) in [6.07, 6.45) is 3.00. The van der Waals surface area contributed by atoms with Crippen molar-refractivity contribution in [1.82, 2.24) is 15.2 Å². The van der Waals surface area contributed by atoms with E-state index in [1.54, 1.807) is 29.1 Å².